The Morgan fingerprint density at radius 1 is 0.800 bits per heavy atom. The Labute approximate surface area is 89.1 Å². The van der Waals surface area contributed by atoms with Crippen LogP contribution in [0.3, 0.4) is 0 Å². The van der Waals surface area contributed by atoms with Gasteiger partial charge in [0, 0.05) is 11.1 Å². The van der Waals surface area contributed by atoms with Gasteiger partial charge in [-0.25, -0.2) is 0 Å². The average molecular weight is 193 g/mol. The van der Waals surface area contributed by atoms with E-state index in [1.165, 1.54) is 16.7 Å². The zero-order valence-electron chi connectivity index (χ0n) is 8.35. The maximum Gasteiger partial charge on any atom is 0.0726 e. The van der Waals surface area contributed by atoms with Crippen LogP contribution in [0.4, 0.5) is 0 Å². The second-order valence-electron chi connectivity index (χ2n) is 3.69. The Morgan fingerprint density at radius 3 is 2.40 bits per heavy atom. The SMILES string of the molecule is c1ccc(C2=NCc3ccccc32)cc1. The minimum Gasteiger partial charge on any atom is -0.279 e. The van der Waals surface area contributed by atoms with Crippen molar-refractivity contribution in [1.29, 1.82) is 0 Å². The Morgan fingerprint density at radius 2 is 1.53 bits per heavy atom. The van der Waals surface area contributed by atoms with E-state index in [0.29, 0.717) is 0 Å². The molecule has 0 spiro atoms. The first-order valence-corrected chi connectivity index (χ1v) is 5.13. The first-order valence-electron chi connectivity index (χ1n) is 5.13. The molecule has 72 valence electrons. The van der Waals surface area contributed by atoms with E-state index in [-0.39, 0.29) is 0 Å². The van der Waals surface area contributed by atoms with Gasteiger partial charge in [0.15, 0.2) is 0 Å². The smallest absolute Gasteiger partial charge is 0.0726 e. The van der Waals surface area contributed by atoms with E-state index in [2.05, 4.69) is 53.5 Å². The third-order valence-electron chi connectivity index (χ3n) is 2.73. The highest BCUT2D eigenvalue weighted by Crippen LogP contribution is 2.22. The Bertz CT molecular complexity index is 512. The van der Waals surface area contributed by atoms with Crippen molar-refractivity contribution >= 4 is 5.71 Å². The minimum absolute atomic E-state index is 0.820. The van der Waals surface area contributed by atoms with Crippen molar-refractivity contribution in [3.05, 3.63) is 71.3 Å². The van der Waals surface area contributed by atoms with Gasteiger partial charge in [0.1, 0.15) is 0 Å². The maximum atomic E-state index is 4.59. The quantitative estimate of drug-likeness (QED) is 0.660. The lowest BCUT2D eigenvalue weighted by Crippen LogP contribution is -1.99. The summed E-state index contributed by atoms with van der Waals surface area (Å²) in [6.45, 7) is 0.820. The van der Waals surface area contributed by atoms with E-state index in [9.17, 15) is 0 Å². The van der Waals surface area contributed by atoms with Crippen molar-refractivity contribution in [2.75, 3.05) is 0 Å². The predicted octanol–water partition coefficient (Wildman–Crippen LogP) is 3.04. The van der Waals surface area contributed by atoms with E-state index in [1.54, 1.807) is 0 Å². The summed E-state index contributed by atoms with van der Waals surface area (Å²) in [5.74, 6) is 0. The van der Waals surface area contributed by atoms with Gasteiger partial charge in [-0.05, 0) is 5.56 Å². The fourth-order valence-electron chi connectivity index (χ4n) is 1.98. The van der Waals surface area contributed by atoms with Crippen molar-refractivity contribution < 1.29 is 0 Å². The van der Waals surface area contributed by atoms with E-state index in [1.807, 2.05) is 6.07 Å². The molecule has 2 aromatic rings. The standard InChI is InChI=1S/C14H11N/c1-2-6-11(7-3-1)14-13-9-5-4-8-12(13)10-15-14/h1-9H,10H2. The van der Waals surface area contributed by atoms with Crippen LogP contribution in [0.15, 0.2) is 59.6 Å². The third kappa shape index (κ3) is 1.37. The molecule has 0 aliphatic carbocycles. The zero-order valence-corrected chi connectivity index (χ0v) is 8.35. The van der Waals surface area contributed by atoms with Crippen LogP contribution in [0.1, 0.15) is 16.7 Å². The van der Waals surface area contributed by atoms with Crippen LogP contribution in [0.25, 0.3) is 0 Å². The second kappa shape index (κ2) is 3.35. The lowest BCUT2D eigenvalue weighted by molar-refractivity contribution is 1.11. The molecule has 1 aliphatic rings. The van der Waals surface area contributed by atoms with Crippen LogP contribution < -0.4 is 0 Å². The Balaban J connectivity index is 2.11. The van der Waals surface area contributed by atoms with Gasteiger partial charge < -0.3 is 0 Å². The summed E-state index contributed by atoms with van der Waals surface area (Å²) >= 11 is 0. The number of benzene rings is 2. The van der Waals surface area contributed by atoms with Gasteiger partial charge in [0.25, 0.3) is 0 Å². The molecule has 0 saturated heterocycles. The molecular formula is C14H11N. The zero-order chi connectivity index (χ0) is 10.1. The number of rotatable bonds is 1. The van der Waals surface area contributed by atoms with Crippen LogP contribution >= 0.6 is 0 Å². The van der Waals surface area contributed by atoms with Gasteiger partial charge >= 0.3 is 0 Å². The van der Waals surface area contributed by atoms with Gasteiger partial charge in [0.05, 0.1) is 12.3 Å². The number of fused-ring (bicyclic) bond motifs is 1. The van der Waals surface area contributed by atoms with Crippen LogP contribution in [0.2, 0.25) is 0 Å². The highest BCUT2D eigenvalue weighted by molar-refractivity contribution is 6.15. The molecule has 0 atom stereocenters. The maximum absolute atomic E-state index is 4.59. The largest absolute Gasteiger partial charge is 0.279 e. The molecule has 15 heavy (non-hydrogen) atoms. The van der Waals surface area contributed by atoms with Gasteiger partial charge in [-0.1, -0.05) is 54.6 Å². The topological polar surface area (TPSA) is 12.4 Å². The molecule has 2 aromatic carbocycles. The fourth-order valence-corrected chi connectivity index (χ4v) is 1.98. The fraction of sp³-hybridized carbons (Fsp3) is 0.0714. The molecule has 1 aliphatic heterocycles. The summed E-state index contributed by atoms with van der Waals surface area (Å²) in [6.07, 6.45) is 0. The number of hydrogen-bond donors (Lipinski definition) is 0. The van der Waals surface area contributed by atoms with Crippen LogP contribution in [0, 0.1) is 0 Å². The molecule has 0 amide bonds. The summed E-state index contributed by atoms with van der Waals surface area (Å²) in [5, 5.41) is 0. The molecule has 0 N–H and O–H groups in total. The van der Waals surface area contributed by atoms with Gasteiger partial charge in [-0.3, -0.25) is 4.99 Å². The second-order valence-corrected chi connectivity index (χ2v) is 3.69. The molecule has 0 unspecified atom stereocenters. The van der Waals surface area contributed by atoms with Crippen LogP contribution in [0.5, 0.6) is 0 Å². The first kappa shape index (κ1) is 8.42. The molecule has 0 aromatic heterocycles. The summed E-state index contributed by atoms with van der Waals surface area (Å²) in [7, 11) is 0. The Kier molecular flexibility index (Phi) is 1.88. The van der Waals surface area contributed by atoms with Crippen LogP contribution in [-0.2, 0) is 6.54 Å². The molecular weight excluding hydrogens is 182 g/mol. The number of aliphatic imine (C=N–C) groups is 1. The third-order valence-corrected chi connectivity index (χ3v) is 2.73. The molecule has 0 bridgehead atoms. The summed E-state index contributed by atoms with van der Waals surface area (Å²) in [4.78, 5) is 4.59. The van der Waals surface area contributed by atoms with E-state index in [4.69, 9.17) is 0 Å². The van der Waals surface area contributed by atoms with E-state index < -0.39 is 0 Å². The highest BCUT2D eigenvalue weighted by atomic mass is 14.8. The van der Waals surface area contributed by atoms with E-state index >= 15 is 0 Å². The molecule has 0 fully saturated rings. The Hall–Kier alpha value is -1.89. The van der Waals surface area contributed by atoms with Gasteiger partial charge in [-0.15, -0.1) is 0 Å². The summed E-state index contributed by atoms with van der Waals surface area (Å²) in [5.41, 5.74) is 4.95. The molecule has 1 heterocycles. The van der Waals surface area contributed by atoms with Crippen molar-refractivity contribution in [3.8, 4) is 0 Å². The van der Waals surface area contributed by atoms with E-state index in [0.717, 1.165) is 12.3 Å². The first-order chi connectivity index (χ1) is 7.45. The number of hydrogen-bond acceptors (Lipinski definition) is 1. The van der Waals surface area contributed by atoms with Crippen molar-refractivity contribution in [2.24, 2.45) is 4.99 Å². The monoisotopic (exact) mass is 193 g/mol. The van der Waals surface area contributed by atoms with Gasteiger partial charge in [0.2, 0.25) is 0 Å². The van der Waals surface area contributed by atoms with Crippen molar-refractivity contribution in [2.45, 2.75) is 6.54 Å². The number of nitrogens with zero attached hydrogens (tertiary/aromatic N) is 1. The van der Waals surface area contributed by atoms with Crippen LogP contribution in [-0.4, -0.2) is 5.71 Å². The molecule has 0 radical (unpaired) electrons. The summed E-state index contributed by atoms with van der Waals surface area (Å²) < 4.78 is 0. The molecule has 1 heteroatoms. The lowest BCUT2D eigenvalue weighted by Gasteiger charge is -2.02. The normalized spacial score (nSPS) is 13.5. The van der Waals surface area contributed by atoms with Gasteiger partial charge in [-0.2, -0.15) is 0 Å². The highest BCUT2D eigenvalue weighted by Gasteiger charge is 2.15. The molecule has 1 nitrogen and oxygen atoms in total. The average Bonchev–Trinajstić information content (AvgIpc) is 2.74. The summed E-state index contributed by atoms with van der Waals surface area (Å²) in [6, 6.07) is 18.8. The molecule has 0 saturated carbocycles. The van der Waals surface area contributed by atoms with Crippen molar-refractivity contribution in [1.82, 2.24) is 0 Å². The lowest BCUT2D eigenvalue weighted by atomic mass is 10.0. The minimum atomic E-state index is 0.820. The van der Waals surface area contributed by atoms with Crippen molar-refractivity contribution in [3.63, 3.8) is 0 Å². The predicted molar refractivity (Wildman–Crippen MR) is 62.2 cm³/mol. The molecule has 3 rings (SSSR count).